The van der Waals surface area contributed by atoms with Gasteiger partial charge in [0.05, 0.1) is 17.2 Å². The van der Waals surface area contributed by atoms with Crippen molar-refractivity contribution in [2.24, 2.45) is 23.2 Å². The van der Waals surface area contributed by atoms with Crippen molar-refractivity contribution < 1.29 is 9.53 Å². The molecule has 1 aromatic rings. The second-order valence-electron chi connectivity index (χ2n) is 10.9. The van der Waals surface area contributed by atoms with Gasteiger partial charge in [0.2, 0.25) is 0 Å². The molecule has 1 amide bonds. The number of hydrogen-bond acceptors (Lipinski definition) is 3. The Morgan fingerprint density at radius 3 is 2.67 bits per heavy atom. The van der Waals surface area contributed by atoms with E-state index in [2.05, 4.69) is 12.1 Å². The third-order valence-corrected chi connectivity index (χ3v) is 8.98. The maximum atomic E-state index is 12.6. The Kier molecular flexibility index (Phi) is 6.70. The molecule has 0 bridgehead atoms. The molecule has 0 N–H and O–H groups in total. The Morgan fingerprint density at radius 1 is 1.18 bits per heavy atom. The van der Waals surface area contributed by atoms with E-state index in [1.807, 2.05) is 23.1 Å². The van der Waals surface area contributed by atoms with Gasteiger partial charge in [-0.1, -0.05) is 67.8 Å². The van der Waals surface area contributed by atoms with Crippen LogP contribution in [-0.4, -0.2) is 30.7 Å². The lowest BCUT2D eigenvalue weighted by molar-refractivity contribution is 0.0762. The fourth-order valence-corrected chi connectivity index (χ4v) is 6.50. The Balaban J connectivity index is 1.28. The normalized spacial score (nSPS) is 27.9. The van der Waals surface area contributed by atoms with E-state index in [9.17, 15) is 10.1 Å². The van der Waals surface area contributed by atoms with Crippen LogP contribution in [0.5, 0.6) is 0 Å². The highest BCUT2D eigenvalue weighted by Gasteiger charge is 2.59. The fourth-order valence-electron chi connectivity index (χ4n) is 6.27. The molecule has 0 radical (unpaired) electrons. The Morgan fingerprint density at radius 2 is 1.97 bits per heavy atom. The first-order chi connectivity index (χ1) is 16.1. The third kappa shape index (κ3) is 5.09. The fraction of sp³-hybridized carbons (Fsp3) is 0.643. The molecule has 1 aliphatic heterocycles. The van der Waals surface area contributed by atoms with Gasteiger partial charge in [-0.05, 0) is 73.0 Å². The van der Waals surface area contributed by atoms with Gasteiger partial charge in [0, 0.05) is 13.1 Å². The summed E-state index contributed by atoms with van der Waals surface area (Å²) in [6.07, 6.45) is 16.0. The molecule has 2 unspecified atom stereocenters. The molecule has 3 aliphatic carbocycles. The lowest BCUT2D eigenvalue weighted by Crippen LogP contribution is -2.32. The van der Waals surface area contributed by atoms with E-state index < -0.39 is 0 Å². The number of carbonyl (C=O) groups is 1. The number of ether oxygens (including phenoxy) is 1. The van der Waals surface area contributed by atoms with Crippen LogP contribution in [0.4, 0.5) is 4.79 Å². The number of allylic oxidation sites excluding steroid dienone is 1. The number of halogens is 1. The smallest absolute Gasteiger partial charge is 0.409 e. The predicted octanol–water partition coefficient (Wildman–Crippen LogP) is 7.21. The van der Waals surface area contributed by atoms with Crippen LogP contribution in [0.15, 0.2) is 23.8 Å². The lowest BCUT2D eigenvalue weighted by Gasteiger charge is -2.26. The zero-order chi connectivity index (χ0) is 22.8. The van der Waals surface area contributed by atoms with E-state index in [1.54, 1.807) is 0 Å². The van der Waals surface area contributed by atoms with Gasteiger partial charge in [-0.2, -0.15) is 5.26 Å². The van der Waals surface area contributed by atoms with Crippen molar-refractivity contribution >= 4 is 23.8 Å². The zero-order valence-corrected chi connectivity index (χ0v) is 20.3. The van der Waals surface area contributed by atoms with Crippen molar-refractivity contribution in [1.29, 1.82) is 5.26 Å². The van der Waals surface area contributed by atoms with Crippen molar-refractivity contribution in [3.05, 3.63) is 39.9 Å². The van der Waals surface area contributed by atoms with Crippen LogP contribution in [0.3, 0.4) is 0 Å². The molecule has 5 rings (SSSR count). The summed E-state index contributed by atoms with van der Waals surface area (Å²) in [5, 5.41) is 9.73. The van der Waals surface area contributed by atoms with Crippen molar-refractivity contribution in [2.45, 2.75) is 70.6 Å². The van der Waals surface area contributed by atoms with Crippen LogP contribution in [0.2, 0.25) is 5.02 Å². The van der Waals surface area contributed by atoms with Crippen LogP contribution in [0.1, 0.15) is 81.8 Å². The van der Waals surface area contributed by atoms with E-state index in [0.29, 0.717) is 29.0 Å². The highest BCUT2D eigenvalue weighted by atomic mass is 35.5. The Labute approximate surface area is 202 Å². The van der Waals surface area contributed by atoms with Crippen LogP contribution >= 0.6 is 11.6 Å². The number of likely N-dealkylation sites (tertiary alicyclic amines) is 1. The minimum Gasteiger partial charge on any atom is -0.449 e. The average molecular weight is 467 g/mol. The summed E-state index contributed by atoms with van der Waals surface area (Å²) in [5.74, 6) is 1.89. The number of benzene rings is 1. The lowest BCUT2D eigenvalue weighted by atomic mass is 9.82. The van der Waals surface area contributed by atoms with Crippen molar-refractivity contribution in [1.82, 2.24) is 4.90 Å². The third-order valence-electron chi connectivity index (χ3n) is 8.66. The molecule has 176 valence electrons. The summed E-state index contributed by atoms with van der Waals surface area (Å²) in [6, 6.07) is 7.92. The van der Waals surface area contributed by atoms with Crippen LogP contribution in [0.25, 0.3) is 6.08 Å². The molecule has 4 aliphatic rings. The monoisotopic (exact) mass is 466 g/mol. The molecule has 1 heterocycles. The number of hydrogen-bond donors (Lipinski definition) is 0. The molecule has 3 saturated carbocycles. The number of nitrogens with zero attached hydrogens (tertiary/aromatic N) is 2. The topological polar surface area (TPSA) is 53.3 Å². The Hall–Kier alpha value is -1.99. The van der Waals surface area contributed by atoms with E-state index >= 15 is 0 Å². The van der Waals surface area contributed by atoms with Crippen LogP contribution < -0.4 is 0 Å². The van der Waals surface area contributed by atoms with Gasteiger partial charge in [0.1, 0.15) is 6.07 Å². The van der Waals surface area contributed by atoms with Crippen LogP contribution in [0, 0.1) is 34.5 Å². The SMILES string of the molecule is N#Cc1ccc(/C=C(\CC2CCCCC2)C2CC23CCN(C(=O)OCC2CCC2)C3)cc1Cl. The number of amides is 1. The second-order valence-corrected chi connectivity index (χ2v) is 11.4. The number of rotatable bonds is 6. The van der Waals surface area contributed by atoms with Crippen LogP contribution in [-0.2, 0) is 4.74 Å². The second kappa shape index (κ2) is 9.71. The summed E-state index contributed by atoms with van der Waals surface area (Å²) < 4.78 is 5.63. The number of nitriles is 1. The van der Waals surface area contributed by atoms with E-state index in [1.165, 1.54) is 63.4 Å². The van der Waals surface area contributed by atoms with Gasteiger partial charge in [-0.15, -0.1) is 0 Å². The largest absolute Gasteiger partial charge is 0.449 e. The molecule has 1 aromatic carbocycles. The standard InChI is InChI=1S/C28H35ClN2O2/c29-26-15-22(9-10-23(26)17-30)14-24(13-20-5-2-1-3-6-20)25-16-28(25)11-12-31(19-28)27(32)33-18-21-7-4-8-21/h9-10,14-15,20-21,25H,1-8,11-13,16,18-19H2/b24-14+. The summed E-state index contributed by atoms with van der Waals surface area (Å²) in [5.41, 5.74) is 3.36. The minimum absolute atomic E-state index is 0.110. The highest BCUT2D eigenvalue weighted by molar-refractivity contribution is 6.31. The maximum Gasteiger partial charge on any atom is 0.409 e. The van der Waals surface area contributed by atoms with Gasteiger partial charge >= 0.3 is 6.09 Å². The number of carbonyl (C=O) groups excluding carboxylic acids is 1. The average Bonchev–Trinajstić information content (AvgIpc) is 3.31. The van der Waals surface area contributed by atoms with Crippen molar-refractivity contribution in [3.8, 4) is 6.07 Å². The van der Waals surface area contributed by atoms with Gasteiger partial charge in [-0.25, -0.2) is 4.79 Å². The summed E-state index contributed by atoms with van der Waals surface area (Å²) in [6.45, 7) is 2.24. The summed E-state index contributed by atoms with van der Waals surface area (Å²) in [4.78, 5) is 14.6. The van der Waals surface area contributed by atoms with E-state index in [-0.39, 0.29) is 11.5 Å². The maximum absolute atomic E-state index is 12.6. The molecule has 1 spiro atoms. The molecular formula is C28H35ClN2O2. The predicted molar refractivity (Wildman–Crippen MR) is 131 cm³/mol. The first kappa shape index (κ1) is 22.8. The van der Waals surface area contributed by atoms with Gasteiger partial charge in [0.15, 0.2) is 0 Å². The van der Waals surface area contributed by atoms with Gasteiger partial charge in [-0.3, -0.25) is 0 Å². The molecule has 5 heteroatoms. The van der Waals surface area contributed by atoms with Gasteiger partial charge < -0.3 is 9.64 Å². The molecule has 2 atom stereocenters. The molecule has 0 aromatic heterocycles. The molecule has 33 heavy (non-hydrogen) atoms. The quantitative estimate of drug-likeness (QED) is 0.444. The summed E-state index contributed by atoms with van der Waals surface area (Å²) >= 11 is 6.33. The Bertz CT molecular complexity index is 957. The first-order valence-corrected chi connectivity index (χ1v) is 13.3. The zero-order valence-electron chi connectivity index (χ0n) is 19.5. The van der Waals surface area contributed by atoms with E-state index in [0.717, 1.165) is 37.4 Å². The highest BCUT2D eigenvalue weighted by Crippen LogP contribution is 2.63. The molecule has 1 saturated heterocycles. The first-order valence-electron chi connectivity index (χ1n) is 12.9. The molecule has 4 nitrogen and oxygen atoms in total. The summed E-state index contributed by atoms with van der Waals surface area (Å²) in [7, 11) is 0. The minimum atomic E-state index is -0.110. The van der Waals surface area contributed by atoms with Crippen molar-refractivity contribution in [3.63, 3.8) is 0 Å². The molecular weight excluding hydrogens is 432 g/mol. The molecule has 4 fully saturated rings. The van der Waals surface area contributed by atoms with E-state index in [4.69, 9.17) is 16.3 Å². The van der Waals surface area contributed by atoms with Gasteiger partial charge in [0.25, 0.3) is 0 Å². The van der Waals surface area contributed by atoms with Crippen molar-refractivity contribution in [2.75, 3.05) is 19.7 Å².